The highest BCUT2D eigenvalue weighted by molar-refractivity contribution is 5.94. The Labute approximate surface area is 192 Å². The van der Waals surface area contributed by atoms with Crippen LogP contribution in [0.15, 0.2) is 85.1 Å². The molecule has 0 aliphatic heterocycles. The topological polar surface area (TPSA) is 94.5 Å². The fraction of sp³-hybridized carbons (Fsp3) is 0.185. The van der Waals surface area contributed by atoms with Gasteiger partial charge in [-0.1, -0.05) is 54.6 Å². The van der Waals surface area contributed by atoms with Gasteiger partial charge in [0, 0.05) is 11.6 Å². The third kappa shape index (κ3) is 5.67. The maximum absolute atomic E-state index is 12.4. The average molecular weight is 443 g/mol. The maximum atomic E-state index is 12.4. The van der Waals surface area contributed by atoms with Crippen molar-refractivity contribution in [1.29, 1.82) is 0 Å². The van der Waals surface area contributed by atoms with Gasteiger partial charge in [0.15, 0.2) is 0 Å². The number of carboxylic acid groups (broad SMARTS) is 1. The van der Waals surface area contributed by atoms with Crippen molar-refractivity contribution < 1.29 is 19.4 Å². The number of carboxylic acids is 1. The second-order valence-corrected chi connectivity index (χ2v) is 8.04. The first-order chi connectivity index (χ1) is 16.0. The van der Waals surface area contributed by atoms with Gasteiger partial charge >= 0.3 is 5.97 Å². The van der Waals surface area contributed by atoms with E-state index in [0.29, 0.717) is 17.9 Å². The molecule has 33 heavy (non-hydrogen) atoms. The summed E-state index contributed by atoms with van der Waals surface area (Å²) in [5.74, 6) is -0.858. The van der Waals surface area contributed by atoms with Crippen LogP contribution in [0.1, 0.15) is 27.9 Å². The molecule has 168 valence electrons. The second-order valence-electron chi connectivity index (χ2n) is 8.04. The lowest BCUT2D eigenvalue weighted by Gasteiger charge is -2.09. The molecule has 6 heteroatoms. The van der Waals surface area contributed by atoms with Gasteiger partial charge in [0.2, 0.25) is 5.91 Å². The molecule has 0 aliphatic carbocycles. The van der Waals surface area contributed by atoms with Gasteiger partial charge in [-0.15, -0.1) is 0 Å². The van der Waals surface area contributed by atoms with Crippen molar-refractivity contribution in [1.82, 2.24) is 4.57 Å². The molecule has 3 N–H and O–H groups in total. The lowest BCUT2D eigenvalue weighted by molar-refractivity contribution is -0.138. The Kier molecular flexibility index (Phi) is 6.86. The van der Waals surface area contributed by atoms with Gasteiger partial charge < -0.3 is 15.6 Å². The van der Waals surface area contributed by atoms with E-state index in [1.165, 1.54) is 15.7 Å². The number of nitrogens with zero attached hydrogens (tertiary/aromatic N) is 1. The van der Waals surface area contributed by atoms with Crippen molar-refractivity contribution in [3.63, 3.8) is 0 Å². The molecule has 4 aromatic rings. The molecule has 0 amide bonds. The molecule has 1 atom stereocenters. The monoisotopic (exact) mass is 442 g/mol. The molecule has 1 unspecified atom stereocenters. The predicted molar refractivity (Wildman–Crippen MR) is 127 cm³/mol. The summed E-state index contributed by atoms with van der Waals surface area (Å²) in [4.78, 5) is 23.3. The Morgan fingerprint density at radius 3 is 2.24 bits per heavy atom. The molecule has 1 aromatic heterocycles. The van der Waals surface area contributed by atoms with E-state index in [1.54, 1.807) is 24.4 Å². The van der Waals surface area contributed by atoms with E-state index in [2.05, 4.69) is 48.5 Å². The number of benzene rings is 3. The summed E-state index contributed by atoms with van der Waals surface area (Å²) in [5.41, 5.74) is 9.87. The van der Waals surface area contributed by atoms with Crippen LogP contribution >= 0.6 is 0 Å². The minimum atomic E-state index is -1.22. The molecule has 6 nitrogen and oxygen atoms in total. The number of fused-ring (bicyclic) bond motifs is 1. The summed E-state index contributed by atoms with van der Waals surface area (Å²) in [7, 11) is 0. The fourth-order valence-corrected chi connectivity index (χ4v) is 3.70. The number of aliphatic carboxylic acids is 1. The van der Waals surface area contributed by atoms with Gasteiger partial charge in [-0.05, 0) is 53.8 Å². The largest absolute Gasteiger partial charge is 0.489 e. The van der Waals surface area contributed by atoms with Gasteiger partial charge in [-0.3, -0.25) is 14.2 Å². The number of aromatic nitrogens is 1. The third-order valence-electron chi connectivity index (χ3n) is 5.62. The average Bonchev–Trinajstić information content (AvgIpc) is 3.26. The van der Waals surface area contributed by atoms with E-state index in [-0.39, 0.29) is 12.3 Å². The van der Waals surface area contributed by atoms with Crippen LogP contribution in [0, 0.1) is 0 Å². The Bertz CT molecular complexity index is 1250. The van der Waals surface area contributed by atoms with E-state index in [0.717, 1.165) is 23.8 Å². The minimum Gasteiger partial charge on any atom is -0.489 e. The molecule has 0 saturated heterocycles. The lowest BCUT2D eigenvalue weighted by atomic mass is 10.0. The summed E-state index contributed by atoms with van der Waals surface area (Å²) >= 11 is 0. The summed E-state index contributed by atoms with van der Waals surface area (Å²) < 4.78 is 7.37. The van der Waals surface area contributed by atoms with E-state index in [9.17, 15) is 9.59 Å². The molecule has 0 aliphatic rings. The van der Waals surface area contributed by atoms with E-state index in [1.807, 2.05) is 12.1 Å². The summed E-state index contributed by atoms with van der Waals surface area (Å²) in [6.07, 6.45) is 3.37. The van der Waals surface area contributed by atoms with Crippen LogP contribution < -0.4 is 10.5 Å². The third-order valence-corrected chi connectivity index (χ3v) is 5.62. The molecule has 0 fully saturated rings. The Morgan fingerprint density at radius 2 is 1.55 bits per heavy atom. The van der Waals surface area contributed by atoms with Crippen molar-refractivity contribution in [3.05, 3.63) is 102 Å². The number of rotatable bonds is 9. The van der Waals surface area contributed by atoms with Crippen LogP contribution in [-0.4, -0.2) is 27.6 Å². The number of carbonyl (C=O) groups is 2. The second kappa shape index (κ2) is 10.1. The minimum absolute atomic E-state index is 0.265. The van der Waals surface area contributed by atoms with Crippen LogP contribution in [0.25, 0.3) is 10.9 Å². The van der Waals surface area contributed by atoms with Crippen molar-refractivity contribution in [2.24, 2.45) is 5.73 Å². The zero-order valence-corrected chi connectivity index (χ0v) is 18.2. The highest BCUT2D eigenvalue weighted by Gasteiger charge is 2.18. The van der Waals surface area contributed by atoms with Gasteiger partial charge in [0.1, 0.15) is 18.4 Å². The first kappa shape index (κ1) is 22.3. The van der Waals surface area contributed by atoms with Crippen molar-refractivity contribution in [2.75, 3.05) is 0 Å². The standard InChI is InChI=1S/C27H26N2O4/c28-24(27(31)32)17-26(30)29-15-14-22-16-23(12-13-25(22)29)33-18-21-10-8-20(9-11-21)7-6-19-4-2-1-3-5-19/h1-5,8-16,24H,6-7,17-18,28H2,(H,31,32). The van der Waals surface area contributed by atoms with Crippen molar-refractivity contribution >= 4 is 22.8 Å². The molecule has 0 spiro atoms. The molecule has 0 bridgehead atoms. The van der Waals surface area contributed by atoms with Gasteiger partial charge in [-0.25, -0.2) is 0 Å². The first-order valence-electron chi connectivity index (χ1n) is 10.9. The van der Waals surface area contributed by atoms with Crippen molar-refractivity contribution in [2.45, 2.75) is 31.9 Å². The Morgan fingerprint density at radius 1 is 0.879 bits per heavy atom. The molecule has 0 saturated carbocycles. The zero-order valence-electron chi connectivity index (χ0n) is 18.2. The highest BCUT2D eigenvalue weighted by atomic mass is 16.5. The number of ether oxygens (including phenoxy) is 1. The van der Waals surface area contributed by atoms with Crippen LogP contribution in [0.3, 0.4) is 0 Å². The quantitative estimate of drug-likeness (QED) is 0.399. The van der Waals surface area contributed by atoms with Crippen LogP contribution in [-0.2, 0) is 24.2 Å². The van der Waals surface area contributed by atoms with Crippen molar-refractivity contribution in [3.8, 4) is 5.75 Å². The van der Waals surface area contributed by atoms with E-state index < -0.39 is 12.0 Å². The summed E-state index contributed by atoms with van der Waals surface area (Å²) in [6.45, 7) is 0.442. The Balaban J connectivity index is 1.34. The number of aryl methyl sites for hydroxylation is 2. The maximum Gasteiger partial charge on any atom is 0.321 e. The molecule has 0 radical (unpaired) electrons. The van der Waals surface area contributed by atoms with E-state index >= 15 is 0 Å². The van der Waals surface area contributed by atoms with Gasteiger partial charge in [0.05, 0.1) is 11.9 Å². The summed E-state index contributed by atoms with van der Waals surface area (Å²) in [6, 6.07) is 24.9. The number of carbonyl (C=O) groups excluding carboxylic acids is 1. The number of hydrogen-bond donors (Lipinski definition) is 2. The van der Waals surface area contributed by atoms with Gasteiger partial charge in [0.25, 0.3) is 0 Å². The lowest BCUT2D eigenvalue weighted by Crippen LogP contribution is -2.33. The molecular formula is C27H26N2O4. The summed E-state index contributed by atoms with van der Waals surface area (Å²) in [5, 5.41) is 9.75. The molecular weight excluding hydrogens is 416 g/mol. The Hall–Kier alpha value is -3.90. The number of hydrogen-bond acceptors (Lipinski definition) is 4. The highest BCUT2D eigenvalue weighted by Crippen LogP contribution is 2.23. The fourth-order valence-electron chi connectivity index (χ4n) is 3.70. The normalized spacial score (nSPS) is 11.9. The smallest absolute Gasteiger partial charge is 0.321 e. The predicted octanol–water partition coefficient (Wildman–Crippen LogP) is 4.45. The SMILES string of the molecule is NC(CC(=O)n1ccc2cc(OCc3ccc(CCc4ccccc4)cc3)ccc21)C(=O)O. The van der Waals surface area contributed by atoms with E-state index in [4.69, 9.17) is 15.6 Å². The van der Waals surface area contributed by atoms with Gasteiger partial charge in [-0.2, -0.15) is 0 Å². The molecule has 4 rings (SSSR count). The zero-order chi connectivity index (χ0) is 23.2. The van der Waals surface area contributed by atoms with Crippen LogP contribution in [0.2, 0.25) is 0 Å². The number of nitrogens with two attached hydrogens (primary N) is 1. The molecule has 3 aromatic carbocycles. The first-order valence-corrected chi connectivity index (χ1v) is 10.9. The van der Waals surface area contributed by atoms with Crippen LogP contribution in [0.5, 0.6) is 5.75 Å². The molecule has 1 heterocycles. The van der Waals surface area contributed by atoms with Crippen LogP contribution in [0.4, 0.5) is 0 Å².